The summed E-state index contributed by atoms with van der Waals surface area (Å²) in [5.74, 6) is -0.362. The number of benzene rings is 1. The summed E-state index contributed by atoms with van der Waals surface area (Å²) in [4.78, 5) is 26.5. The first-order valence-electron chi connectivity index (χ1n) is 9.38. The summed E-state index contributed by atoms with van der Waals surface area (Å²) in [5.41, 5.74) is 4.34. The van der Waals surface area contributed by atoms with Gasteiger partial charge in [0.05, 0.1) is 37.0 Å². The van der Waals surface area contributed by atoms with Gasteiger partial charge in [-0.1, -0.05) is 23.8 Å². The van der Waals surface area contributed by atoms with Gasteiger partial charge in [0.2, 0.25) is 0 Å². The predicted octanol–water partition coefficient (Wildman–Crippen LogP) is 1.15. The molecule has 26 heavy (non-hydrogen) atoms. The van der Waals surface area contributed by atoms with Gasteiger partial charge in [-0.15, -0.1) is 0 Å². The first kappa shape index (κ1) is 18.5. The van der Waals surface area contributed by atoms with E-state index in [1.54, 1.807) is 6.92 Å². The molecular formula is C20H28N3O3+. The third-order valence-electron chi connectivity index (χ3n) is 5.12. The molecule has 2 heterocycles. The Morgan fingerprint density at radius 3 is 2.65 bits per heavy atom. The smallest absolute Gasteiger partial charge is 0.338 e. The van der Waals surface area contributed by atoms with Crippen molar-refractivity contribution in [3.63, 3.8) is 0 Å². The fourth-order valence-corrected chi connectivity index (χ4v) is 3.89. The Balaban J connectivity index is 2.03. The molecule has 1 atom stereocenters. The van der Waals surface area contributed by atoms with E-state index in [4.69, 9.17) is 4.74 Å². The average molecular weight is 358 g/mol. The first-order valence-corrected chi connectivity index (χ1v) is 9.38. The zero-order valence-electron chi connectivity index (χ0n) is 15.8. The van der Waals surface area contributed by atoms with Crippen LogP contribution in [0.25, 0.3) is 0 Å². The molecule has 0 radical (unpaired) electrons. The van der Waals surface area contributed by atoms with E-state index < -0.39 is 6.04 Å². The van der Waals surface area contributed by atoms with E-state index >= 15 is 0 Å². The second-order valence-electron chi connectivity index (χ2n) is 7.14. The van der Waals surface area contributed by atoms with E-state index in [0.29, 0.717) is 24.4 Å². The molecule has 2 aliphatic heterocycles. The van der Waals surface area contributed by atoms with E-state index in [9.17, 15) is 9.59 Å². The van der Waals surface area contributed by atoms with Gasteiger partial charge in [0.15, 0.2) is 0 Å². The second kappa shape index (κ2) is 7.91. The molecule has 0 aromatic heterocycles. The normalized spacial score (nSPS) is 20.7. The van der Waals surface area contributed by atoms with Crippen molar-refractivity contribution in [3.05, 3.63) is 46.2 Å². The van der Waals surface area contributed by atoms with Crippen molar-refractivity contribution in [2.45, 2.75) is 39.7 Å². The lowest BCUT2D eigenvalue weighted by atomic mass is 9.91. The van der Waals surface area contributed by atoms with Crippen LogP contribution in [0.3, 0.4) is 0 Å². The lowest BCUT2D eigenvalue weighted by molar-refractivity contribution is -0.882. The summed E-state index contributed by atoms with van der Waals surface area (Å²) in [6.45, 7) is 8.91. The number of hydrogen-bond acceptors (Lipinski definition) is 3. The minimum absolute atomic E-state index is 0.267. The number of hydrogen-bond donors (Lipinski definition) is 3. The number of ether oxygens (including phenoxy) is 1. The molecule has 0 aliphatic carbocycles. The maximum Gasteiger partial charge on any atom is 0.338 e. The van der Waals surface area contributed by atoms with Crippen molar-refractivity contribution in [2.24, 2.45) is 0 Å². The molecule has 1 aromatic carbocycles. The summed E-state index contributed by atoms with van der Waals surface area (Å²) in [7, 11) is 0. The second-order valence-corrected chi connectivity index (χ2v) is 7.14. The Kier molecular flexibility index (Phi) is 5.61. The number of amides is 2. The van der Waals surface area contributed by atoms with E-state index in [1.807, 2.05) is 26.0 Å². The van der Waals surface area contributed by atoms with Gasteiger partial charge in [-0.2, -0.15) is 0 Å². The number of likely N-dealkylation sites (tertiary alicyclic amines) is 1. The molecule has 1 aromatic rings. The van der Waals surface area contributed by atoms with Crippen LogP contribution in [0.2, 0.25) is 0 Å². The molecule has 0 spiro atoms. The number of esters is 1. The largest absolute Gasteiger partial charge is 0.463 e. The molecule has 6 nitrogen and oxygen atoms in total. The number of quaternary nitrogens is 1. The highest BCUT2D eigenvalue weighted by Crippen LogP contribution is 2.30. The van der Waals surface area contributed by atoms with Crippen LogP contribution in [-0.4, -0.2) is 38.2 Å². The summed E-state index contributed by atoms with van der Waals surface area (Å²) in [6.07, 6.45) is 2.37. The number of carbonyl (C=O) groups excluding carboxylic acids is 2. The maximum atomic E-state index is 12.8. The van der Waals surface area contributed by atoms with Crippen LogP contribution in [0, 0.1) is 13.8 Å². The lowest BCUT2D eigenvalue weighted by Crippen LogP contribution is -3.10. The van der Waals surface area contributed by atoms with Crippen LogP contribution in [-0.2, 0) is 9.53 Å². The van der Waals surface area contributed by atoms with Gasteiger partial charge in [0.1, 0.15) is 6.54 Å². The third-order valence-corrected chi connectivity index (χ3v) is 5.12. The van der Waals surface area contributed by atoms with Gasteiger partial charge in [0, 0.05) is 12.8 Å². The van der Waals surface area contributed by atoms with Crippen LogP contribution < -0.4 is 15.5 Å². The molecule has 1 fully saturated rings. The molecule has 2 amide bonds. The zero-order chi connectivity index (χ0) is 18.7. The standard InChI is InChI=1S/C20H27N3O3/c1-4-26-19(24)17-16(12-23-9-5-6-10-23)21-20(25)22-18(17)15-8-7-13(2)11-14(15)3/h7-8,11,18H,4-6,9-10,12H2,1-3H3,(H2,21,22,25)/p+1/t18-/m1/s1. The van der Waals surface area contributed by atoms with Crippen LogP contribution in [0.15, 0.2) is 29.5 Å². The monoisotopic (exact) mass is 358 g/mol. The number of urea groups is 1. The molecule has 3 rings (SSSR count). The Morgan fingerprint density at radius 1 is 1.27 bits per heavy atom. The van der Waals surface area contributed by atoms with E-state index in [1.165, 1.54) is 17.7 Å². The van der Waals surface area contributed by atoms with Crippen molar-refractivity contribution in [2.75, 3.05) is 26.2 Å². The lowest BCUT2D eigenvalue weighted by Gasteiger charge is -2.30. The van der Waals surface area contributed by atoms with Crippen LogP contribution in [0.5, 0.6) is 0 Å². The maximum absolute atomic E-state index is 12.8. The Labute approximate surface area is 154 Å². The topological polar surface area (TPSA) is 71.9 Å². The number of carbonyl (C=O) groups is 2. The molecule has 0 saturated carbocycles. The molecule has 6 heteroatoms. The Bertz CT molecular complexity index is 736. The van der Waals surface area contributed by atoms with E-state index in [2.05, 4.69) is 16.7 Å². The minimum atomic E-state index is -0.486. The SMILES string of the molecule is CCOC(=O)C1=C(C[NH+]2CCCC2)NC(=O)N[C@@H]1c1ccc(C)cc1C. The summed E-state index contributed by atoms with van der Waals surface area (Å²) >= 11 is 0. The minimum Gasteiger partial charge on any atom is -0.463 e. The van der Waals surface area contributed by atoms with E-state index in [-0.39, 0.29) is 12.0 Å². The van der Waals surface area contributed by atoms with Gasteiger partial charge in [0.25, 0.3) is 0 Å². The van der Waals surface area contributed by atoms with E-state index in [0.717, 1.165) is 29.8 Å². The van der Waals surface area contributed by atoms with Gasteiger partial charge in [-0.05, 0) is 31.9 Å². The predicted molar refractivity (Wildman–Crippen MR) is 98.8 cm³/mol. The Hall–Kier alpha value is -2.34. The molecule has 1 saturated heterocycles. The quantitative estimate of drug-likeness (QED) is 0.692. The van der Waals surface area contributed by atoms with Gasteiger partial charge < -0.3 is 20.3 Å². The molecule has 2 aliphatic rings. The van der Waals surface area contributed by atoms with Crippen LogP contribution in [0.4, 0.5) is 4.79 Å². The third kappa shape index (κ3) is 3.90. The molecule has 3 N–H and O–H groups in total. The first-order chi connectivity index (χ1) is 12.5. The van der Waals surface area contributed by atoms with Crippen molar-refractivity contribution in [1.82, 2.24) is 10.6 Å². The summed E-state index contributed by atoms with van der Waals surface area (Å²) < 4.78 is 5.33. The average Bonchev–Trinajstić information content (AvgIpc) is 3.07. The van der Waals surface area contributed by atoms with Gasteiger partial charge in [-0.3, -0.25) is 0 Å². The summed E-state index contributed by atoms with van der Waals surface area (Å²) in [6, 6.07) is 5.31. The van der Waals surface area contributed by atoms with Crippen LogP contribution in [0.1, 0.15) is 42.5 Å². The van der Waals surface area contributed by atoms with Crippen molar-refractivity contribution < 1.29 is 19.2 Å². The van der Waals surface area contributed by atoms with Crippen molar-refractivity contribution in [3.8, 4) is 0 Å². The van der Waals surface area contributed by atoms with Gasteiger partial charge >= 0.3 is 12.0 Å². The fraction of sp³-hybridized carbons (Fsp3) is 0.500. The highest BCUT2D eigenvalue weighted by atomic mass is 16.5. The van der Waals surface area contributed by atoms with Crippen molar-refractivity contribution in [1.29, 1.82) is 0 Å². The molecule has 140 valence electrons. The number of aryl methyl sites for hydroxylation is 2. The Morgan fingerprint density at radius 2 is 2.00 bits per heavy atom. The van der Waals surface area contributed by atoms with Gasteiger partial charge in [-0.25, -0.2) is 9.59 Å². The molecule has 0 bridgehead atoms. The van der Waals surface area contributed by atoms with Crippen molar-refractivity contribution >= 4 is 12.0 Å². The molecule has 0 unspecified atom stereocenters. The summed E-state index contributed by atoms with van der Waals surface area (Å²) in [5, 5.41) is 5.79. The van der Waals surface area contributed by atoms with Crippen LogP contribution >= 0.6 is 0 Å². The highest BCUT2D eigenvalue weighted by Gasteiger charge is 2.36. The number of rotatable bonds is 5. The highest BCUT2D eigenvalue weighted by molar-refractivity contribution is 5.95. The molecular weight excluding hydrogens is 330 g/mol. The fourth-order valence-electron chi connectivity index (χ4n) is 3.89. The number of nitrogens with one attached hydrogen (secondary N) is 3. The zero-order valence-corrected chi connectivity index (χ0v) is 15.8.